The summed E-state index contributed by atoms with van der Waals surface area (Å²) in [7, 11) is -11.8. The Morgan fingerprint density at radius 1 is 0.824 bits per heavy atom. The number of hydrogen-bond donors (Lipinski definition) is 1. The molecule has 1 N–H and O–H groups in total. The molecule has 0 aromatic heterocycles. The lowest BCUT2D eigenvalue weighted by Gasteiger charge is -1.99. The molecule has 0 radical (unpaired) electrons. The van der Waals surface area contributed by atoms with Crippen molar-refractivity contribution in [2.45, 2.75) is 11.0 Å². The molecule has 0 aliphatic carbocycles. The second-order valence-electron chi connectivity index (χ2n) is 1.88. The van der Waals surface area contributed by atoms with E-state index in [1.165, 1.54) is 0 Å². The predicted octanol–water partition coefficient (Wildman–Crippen LogP) is 1.13. The number of halogens is 7. The van der Waals surface area contributed by atoms with Gasteiger partial charge in [0, 0.05) is 0 Å². The van der Waals surface area contributed by atoms with Crippen LogP contribution in [0.4, 0.5) is 30.9 Å². The topological polar surface area (TPSA) is 97.7 Å². The summed E-state index contributed by atoms with van der Waals surface area (Å²) in [6, 6.07) is 0. The number of rotatable bonds is 1. The van der Waals surface area contributed by atoms with Crippen molar-refractivity contribution in [1.29, 1.82) is 0 Å². The molecule has 0 unspecified atom stereocenters. The molecule has 0 aromatic rings. The molecule has 17 heavy (non-hydrogen) atoms. The van der Waals surface area contributed by atoms with E-state index >= 15 is 0 Å². The summed E-state index contributed by atoms with van der Waals surface area (Å²) in [6.45, 7) is 0. The molecule has 0 aliphatic rings. The lowest BCUT2D eigenvalue weighted by Crippen LogP contribution is -2.22. The quantitative estimate of drug-likeness (QED) is 0.442. The first-order valence-corrected chi connectivity index (χ1v) is 5.56. The van der Waals surface area contributed by atoms with E-state index in [1.54, 1.807) is 4.39 Å². The summed E-state index contributed by atoms with van der Waals surface area (Å²) in [5.41, 5.74) is -11.2. The monoisotopic (exact) mass is 318 g/mol. The fourth-order valence-corrected chi connectivity index (χ4v) is 0.107. The highest BCUT2D eigenvalue weighted by atomic mass is 32.2. The van der Waals surface area contributed by atoms with Crippen molar-refractivity contribution >= 4 is 20.2 Å². The van der Waals surface area contributed by atoms with Crippen molar-refractivity contribution < 1.29 is 56.6 Å². The molecule has 0 aromatic carbocycles. The molecule has 0 atom stereocenters. The summed E-state index contributed by atoms with van der Waals surface area (Å²) < 4.78 is 121. The largest absolute Gasteiger partial charge is 0.525 e. The van der Waals surface area contributed by atoms with Gasteiger partial charge in [0.05, 0.1) is 0 Å². The molecule has 0 bridgehead atoms. The normalized spacial score (nSPS) is 13.9. The van der Waals surface area contributed by atoms with Gasteiger partial charge < -0.3 is 0 Å². The van der Waals surface area contributed by atoms with Crippen LogP contribution in [0.2, 0.25) is 0 Å². The van der Waals surface area contributed by atoms with Gasteiger partial charge in [-0.1, -0.05) is 4.39 Å². The maximum absolute atomic E-state index is 10.9. The molecule has 0 amide bonds. The molecule has 15 heteroatoms. The summed E-state index contributed by atoms with van der Waals surface area (Å²) in [5.74, 6) is 0. The third kappa shape index (κ3) is 6.59. The summed E-state index contributed by atoms with van der Waals surface area (Å²) in [5, 5.41) is 0. The summed E-state index contributed by atoms with van der Waals surface area (Å²) in [6.07, 6.45) is 0. The van der Waals surface area contributed by atoms with Crippen LogP contribution < -0.4 is 0 Å². The Morgan fingerprint density at radius 3 is 1.06 bits per heavy atom. The van der Waals surface area contributed by atoms with Gasteiger partial charge in [-0.25, -0.2) is 0 Å². The number of hydrogen-bond acceptors (Lipinski definition) is 5. The Bertz CT molecular complexity index is 426. The number of alkyl halides is 6. The summed E-state index contributed by atoms with van der Waals surface area (Å²) >= 11 is 0. The molecular weight excluding hydrogens is 317 g/mol. The van der Waals surface area contributed by atoms with Crippen LogP contribution in [-0.4, -0.2) is 32.4 Å². The molecule has 0 aliphatic heterocycles. The Kier molecular flexibility index (Phi) is 5.85. The predicted molar refractivity (Wildman–Crippen MR) is 34.8 cm³/mol. The standard InChI is InChI=1S/CF4O3S.CHF3O3S/c2-1(3,4)9(6,7)8-5;2-1(3,4)8(5,6)7/h;(H,5,6,7). The fourth-order valence-electron chi connectivity index (χ4n) is 0.0357. The fraction of sp³-hybridized carbons (Fsp3) is 1.00. The van der Waals surface area contributed by atoms with Crippen molar-refractivity contribution in [1.82, 2.24) is 0 Å². The van der Waals surface area contributed by atoms with Crippen molar-refractivity contribution in [2.24, 2.45) is 0 Å². The van der Waals surface area contributed by atoms with Crippen LogP contribution in [0, 0.1) is 0 Å². The zero-order valence-corrected chi connectivity index (χ0v) is 8.58. The Labute approximate surface area is 88.7 Å². The highest BCUT2D eigenvalue weighted by Gasteiger charge is 2.48. The van der Waals surface area contributed by atoms with E-state index in [-0.39, 0.29) is 0 Å². The first-order chi connectivity index (χ1) is 7.06. The molecule has 106 valence electrons. The van der Waals surface area contributed by atoms with Crippen LogP contribution in [0.5, 0.6) is 0 Å². The van der Waals surface area contributed by atoms with Crippen LogP contribution >= 0.6 is 0 Å². The molecule has 0 saturated carbocycles. The van der Waals surface area contributed by atoms with E-state index in [4.69, 9.17) is 13.0 Å². The zero-order chi connectivity index (χ0) is 14.7. The molecule has 0 heterocycles. The summed E-state index contributed by atoms with van der Waals surface area (Å²) in [4.78, 5) is 0. The SMILES string of the molecule is O=S(=O)(O)C(F)(F)F.O=S(=O)(OF)C(F)(F)F. The van der Waals surface area contributed by atoms with Gasteiger partial charge in [-0.15, -0.1) is 0 Å². The maximum atomic E-state index is 10.9. The first-order valence-electron chi connectivity index (χ1n) is 2.71. The van der Waals surface area contributed by atoms with Gasteiger partial charge in [-0.3, -0.25) is 4.55 Å². The van der Waals surface area contributed by atoms with Gasteiger partial charge in [0.15, 0.2) is 0 Å². The van der Waals surface area contributed by atoms with Crippen molar-refractivity contribution in [2.75, 3.05) is 0 Å². The second kappa shape index (κ2) is 5.32. The van der Waals surface area contributed by atoms with Gasteiger partial charge in [0.1, 0.15) is 0 Å². The van der Waals surface area contributed by atoms with Gasteiger partial charge in [0.2, 0.25) is 0 Å². The average molecular weight is 318 g/mol. The molecular formula is C2HF7O6S2. The Hall–Kier alpha value is -0.670. The molecule has 6 nitrogen and oxygen atoms in total. The van der Waals surface area contributed by atoms with E-state index in [2.05, 4.69) is 0 Å². The zero-order valence-electron chi connectivity index (χ0n) is 6.95. The van der Waals surface area contributed by atoms with Crippen LogP contribution in [0.3, 0.4) is 0 Å². The van der Waals surface area contributed by atoms with Crippen molar-refractivity contribution in [3.8, 4) is 0 Å². The van der Waals surface area contributed by atoms with Crippen LogP contribution in [0.25, 0.3) is 0 Å². The van der Waals surface area contributed by atoms with E-state index in [0.29, 0.717) is 0 Å². The molecule has 0 saturated heterocycles. The van der Waals surface area contributed by atoms with Gasteiger partial charge in [-0.2, -0.15) is 43.2 Å². The second-order valence-corrected chi connectivity index (χ2v) is 4.79. The average Bonchev–Trinajstić information content (AvgIpc) is 1.99. The maximum Gasteiger partial charge on any atom is 0.525 e. The highest BCUT2D eigenvalue weighted by molar-refractivity contribution is 7.87. The van der Waals surface area contributed by atoms with Crippen LogP contribution in [0.1, 0.15) is 0 Å². The molecule has 0 rings (SSSR count). The van der Waals surface area contributed by atoms with Crippen LogP contribution in [-0.2, 0) is 24.6 Å². The molecule has 0 spiro atoms. The smallest absolute Gasteiger partial charge is 0.279 e. The van der Waals surface area contributed by atoms with Crippen molar-refractivity contribution in [3.05, 3.63) is 0 Å². The van der Waals surface area contributed by atoms with E-state index < -0.39 is 31.3 Å². The Morgan fingerprint density at radius 2 is 1.06 bits per heavy atom. The van der Waals surface area contributed by atoms with E-state index in [9.17, 15) is 39.3 Å². The van der Waals surface area contributed by atoms with Gasteiger partial charge in [-0.05, 0) is 4.53 Å². The first kappa shape index (κ1) is 18.7. The van der Waals surface area contributed by atoms with Gasteiger partial charge in [0.25, 0.3) is 0 Å². The minimum atomic E-state index is -6.00. The van der Waals surface area contributed by atoms with E-state index in [1.807, 2.05) is 0 Å². The minimum absolute atomic E-state index is 1.65. The molecule has 0 fully saturated rings. The highest BCUT2D eigenvalue weighted by Crippen LogP contribution is 2.24. The van der Waals surface area contributed by atoms with Gasteiger partial charge >= 0.3 is 31.3 Å². The lowest BCUT2D eigenvalue weighted by molar-refractivity contribution is -0.0849. The van der Waals surface area contributed by atoms with E-state index in [0.717, 1.165) is 0 Å². The Balaban J connectivity index is 0. The van der Waals surface area contributed by atoms with Crippen molar-refractivity contribution in [3.63, 3.8) is 0 Å². The third-order valence-electron chi connectivity index (χ3n) is 0.659. The van der Waals surface area contributed by atoms with Crippen LogP contribution in [0.15, 0.2) is 0 Å². The lowest BCUT2D eigenvalue weighted by atomic mass is 11.6. The third-order valence-corrected chi connectivity index (χ3v) is 1.98. The minimum Gasteiger partial charge on any atom is -0.279 e.